The van der Waals surface area contributed by atoms with Crippen molar-refractivity contribution < 1.29 is 14.3 Å². The lowest BCUT2D eigenvalue weighted by molar-refractivity contribution is 0.0947. The van der Waals surface area contributed by atoms with Crippen LogP contribution in [0.3, 0.4) is 0 Å². The molecule has 2 amide bonds. The molecule has 168 valence electrons. The first-order valence-electron chi connectivity index (χ1n) is 10.8. The number of amides is 2. The summed E-state index contributed by atoms with van der Waals surface area (Å²) in [6, 6.07) is 7.31. The zero-order valence-electron chi connectivity index (χ0n) is 18.2. The van der Waals surface area contributed by atoms with E-state index in [0.29, 0.717) is 35.5 Å². The highest BCUT2D eigenvalue weighted by Gasteiger charge is 2.16. The number of aromatic nitrogens is 2. The van der Waals surface area contributed by atoms with Crippen LogP contribution >= 0.6 is 11.3 Å². The molecule has 2 N–H and O–H groups in total. The lowest BCUT2D eigenvalue weighted by atomic mass is 10.1. The van der Waals surface area contributed by atoms with Crippen LogP contribution in [0.5, 0.6) is 0 Å². The predicted molar refractivity (Wildman–Crippen MR) is 121 cm³/mol. The van der Waals surface area contributed by atoms with Crippen molar-refractivity contribution in [2.24, 2.45) is 0 Å². The van der Waals surface area contributed by atoms with Crippen LogP contribution in [0.15, 0.2) is 24.3 Å². The lowest BCUT2D eigenvalue weighted by Crippen LogP contribution is -2.37. The number of nitrogens with one attached hydrogen (secondary N) is 2. The summed E-state index contributed by atoms with van der Waals surface area (Å²) in [6.45, 7) is 5.53. The van der Waals surface area contributed by atoms with Gasteiger partial charge < -0.3 is 20.3 Å². The summed E-state index contributed by atoms with van der Waals surface area (Å²) in [7, 11) is 1.56. The van der Waals surface area contributed by atoms with E-state index in [9.17, 15) is 9.59 Å². The van der Waals surface area contributed by atoms with Crippen molar-refractivity contribution >= 4 is 28.8 Å². The molecule has 8 nitrogen and oxygen atoms in total. The van der Waals surface area contributed by atoms with Crippen molar-refractivity contribution in [1.29, 1.82) is 0 Å². The molecule has 2 heterocycles. The number of rotatable bonds is 9. The SMILES string of the molecule is COCc1nnc(C(=O)Nc2ccc(C(=O)NCCC(C)N3CCCCCC3)cc2)s1. The first-order chi connectivity index (χ1) is 15.1. The number of methoxy groups -OCH3 is 1. The summed E-state index contributed by atoms with van der Waals surface area (Å²) in [6.07, 6.45) is 6.13. The average molecular weight is 446 g/mol. The normalized spacial score (nSPS) is 15.8. The Hall–Kier alpha value is -2.36. The van der Waals surface area contributed by atoms with Gasteiger partial charge in [-0.3, -0.25) is 9.59 Å². The maximum atomic E-state index is 12.4. The maximum Gasteiger partial charge on any atom is 0.286 e. The Kier molecular flexibility index (Phi) is 8.93. The van der Waals surface area contributed by atoms with Crippen LogP contribution in [0, 0.1) is 0 Å². The highest BCUT2D eigenvalue weighted by Crippen LogP contribution is 2.16. The highest BCUT2D eigenvalue weighted by molar-refractivity contribution is 7.13. The number of carbonyl (C=O) groups is 2. The van der Waals surface area contributed by atoms with E-state index in [0.717, 1.165) is 19.5 Å². The van der Waals surface area contributed by atoms with E-state index in [2.05, 4.69) is 32.7 Å². The van der Waals surface area contributed by atoms with Crippen molar-refractivity contribution in [1.82, 2.24) is 20.4 Å². The van der Waals surface area contributed by atoms with Gasteiger partial charge in [0.15, 0.2) is 0 Å². The molecule has 1 unspecified atom stereocenters. The minimum atomic E-state index is -0.334. The summed E-state index contributed by atoms with van der Waals surface area (Å²) in [4.78, 5) is 27.3. The molecule has 3 rings (SSSR count). The molecule has 1 saturated heterocycles. The Labute approximate surface area is 187 Å². The second-order valence-corrected chi connectivity index (χ2v) is 8.87. The molecule has 1 atom stereocenters. The maximum absolute atomic E-state index is 12.4. The topological polar surface area (TPSA) is 96.5 Å². The zero-order chi connectivity index (χ0) is 22.1. The van der Waals surface area contributed by atoms with Crippen molar-refractivity contribution in [3.05, 3.63) is 39.8 Å². The monoisotopic (exact) mass is 445 g/mol. The van der Waals surface area contributed by atoms with E-state index in [-0.39, 0.29) is 16.8 Å². The molecule has 1 fully saturated rings. The zero-order valence-corrected chi connectivity index (χ0v) is 19.0. The van der Waals surface area contributed by atoms with Gasteiger partial charge in [-0.25, -0.2) is 0 Å². The third-order valence-corrected chi connectivity index (χ3v) is 6.34. The lowest BCUT2D eigenvalue weighted by Gasteiger charge is -2.27. The molecule has 0 saturated carbocycles. The van der Waals surface area contributed by atoms with E-state index in [4.69, 9.17) is 4.74 Å². The summed E-state index contributed by atoms with van der Waals surface area (Å²) >= 11 is 1.19. The van der Waals surface area contributed by atoms with Crippen molar-refractivity contribution in [3.63, 3.8) is 0 Å². The third-order valence-electron chi connectivity index (χ3n) is 5.45. The second-order valence-electron chi connectivity index (χ2n) is 7.81. The number of carbonyl (C=O) groups excluding carboxylic acids is 2. The van der Waals surface area contributed by atoms with Crippen molar-refractivity contribution in [2.45, 2.75) is 51.7 Å². The van der Waals surface area contributed by atoms with Gasteiger partial charge in [0.05, 0.1) is 6.61 Å². The van der Waals surface area contributed by atoms with Crippen LogP contribution < -0.4 is 10.6 Å². The highest BCUT2D eigenvalue weighted by atomic mass is 32.1. The molecular weight excluding hydrogens is 414 g/mol. The van der Waals surface area contributed by atoms with E-state index >= 15 is 0 Å². The second kappa shape index (κ2) is 11.9. The fraction of sp³-hybridized carbons (Fsp3) is 0.545. The standard InChI is InChI=1S/C22H31N5O3S/c1-16(27-13-5-3-4-6-14-27)11-12-23-20(28)17-7-9-18(10-8-17)24-21(29)22-26-25-19(31-22)15-30-2/h7-10,16H,3-6,11-15H2,1-2H3,(H,23,28)(H,24,29). The molecule has 1 aliphatic heterocycles. The third kappa shape index (κ3) is 7.09. The van der Waals surface area contributed by atoms with Crippen LogP contribution in [-0.2, 0) is 11.3 Å². The van der Waals surface area contributed by atoms with Crippen LogP contribution in [0.1, 0.15) is 64.2 Å². The van der Waals surface area contributed by atoms with Crippen LogP contribution in [-0.4, -0.2) is 59.7 Å². The van der Waals surface area contributed by atoms with Crippen molar-refractivity contribution in [2.75, 3.05) is 32.1 Å². The van der Waals surface area contributed by atoms with Gasteiger partial charge >= 0.3 is 0 Å². The van der Waals surface area contributed by atoms with Crippen LogP contribution in [0.25, 0.3) is 0 Å². The fourth-order valence-electron chi connectivity index (χ4n) is 3.63. The number of benzene rings is 1. The molecule has 1 aromatic heterocycles. The van der Waals surface area contributed by atoms with Gasteiger partial charge in [-0.05, 0) is 63.5 Å². The number of nitrogens with zero attached hydrogens (tertiary/aromatic N) is 3. The van der Waals surface area contributed by atoms with Crippen molar-refractivity contribution in [3.8, 4) is 0 Å². The molecule has 1 aromatic carbocycles. The number of hydrogen-bond donors (Lipinski definition) is 2. The Morgan fingerprint density at radius 3 is 2.48 bits per heavy atom. The Morgan fingerprint density at radius 1 is 1.10 bits per heavy atom. The fourth-order valence-corrected chi connectivity index (χ4v) is 4.34. The molecule has 2 aromatic rings. The minimum absolute atomic E-state index is 0.103. The van der Waals surface area contributed by atoms with Gasteiger partial charge in [-0.15, -0.1) is 10.2 Å². The first-order valence-corrected chi connectivity index (χ1v) is 11.6. The number of hydrogen-bond acceptors (Lipinski definition) is 7. The molecule has 0 bridgehead atoms. The first kappa shape index (κ1) is 23.3. The van der Waals surface area contributed by atoms with E-state index < -0.39 is 0 Å². The number of ether oxygens (including phenoxy) is 1. The van der Waals surface area contributed by atoms with Gasteiger partial charge in [0.1, 0.15) is 5.01 Å². The Morgan fingerprint density at radius 2 is 1.81 bits per heavy atom. The average Bonchev–Trinajstić information content (AvgIpc) is 3.07. The Balaban J connectivity index is 1.44. The molecule has 0 radical (unpaired) electrons. The summed E-state index contributed by atoms with van der Waals surface area (Å²) in [5.41, 5.74) is 1.17. The van der Waals surface area contributed by atoms with Crippen LogP contribution in [0.4, 0.5) is 5.69 Å². The van der Waals surface area contributed by atoms with E-state index in [1.807, 2.05) is 0 Å². The van der Waals surface area contributed by atoms with Gasteiger partial charge in [0, 0.05) is 30.9 Å². The van der Waals surface area contributed by atoms with Crippen LogP contribution in [0.2, 0.25) is 0 Å². The minimum Gasteiger partial charge on any atom is -0.377 e. The van der Waals surface area contributed by atoms with Gasteiger partial charge in [0.2, 0.25) is 5.01 Å². The molecule has 0 spiro atoms. The van der Waals surface area contributed by atoms with E-state index in [1.165, 1.54) is 37.0 Å². The summed E-state index contributed by atoms with van der Waals surface area (Å²) < 4.78 is 4.99. The van der Waals surface area contributed by atoms with Gasteiger partial charge in [-0.2, -0.15) is 0 Å². The molecule has 31 heavy (non-hydrogen) atoms. The molecule has 1 aliphatic rings. The number of anilines is 1. The number of likely N-dealkylation sites (tertiary alicyclic amines) is 1. The van der Waals surface area contributed by atoms with Gasteiger partial charge in [0.25, 0.3) is 11.8 Å². The van der Waals surface area contributed by atoms with E-state index in [1.54, 1.807) is 31.4 Å². The molecule has 0 aliphatic carbocycles. The predicted octanol–water partition coefficient (Wildman–Crippen LogP) is 3.32. The smallest absolute Gasteiger partial charge is 0.286 e. The molecule has 9 heteroatoms. The summed E-state index contributed by atoms with van der Waals surface area (Å²) in [5, 5.41) is 14.5. The Bertz CT molecular complexity index is 847. The molecular formula is C22H31N5O3S. The largest absolute Gasteiger partial charge is 0.377 e. The van der Waals surface area contributed by atoms with Gasteiger partial charge in [-0.1, -0.05) is 24.2 Å². The summed E-state index contributed by atoms with van der Waals surface area (Å²) in [5.74, 6) is -0.436. The quantitative estimate of drug-likeness (QED) is 0.615.